The fourth-order valence-corrected chi connectivity index (χ4v) is 14.3. The van der Waals surface area contributed by atoms with Crippen LogP contribution in [0.1, 0.15) is 19.7 Å². The van der Waals surface area contributed by atoms with Gasteiger partial charge in [-0.2, -0.15) is 0 Å². The van der Waals surface area contributed by atoms with E-state index < -0.39 is 12.5 Å². The molecule has 0 saturated carbocycles. The second kappa shape index (κ2) is 11.0. The number of benzene rings is 4. The molecule has 0 radical (unpaired) electrons. The average molecular weight is 642 g/mol. The van der Waals surface area contributed by atoms with Crippen molar-refractivity contribution in [1.82, 2.24) is 19.8 Å². The van der Waals surface area contributed by atoms with Crippen LogP contribution in [0.25, 0.3) is 16.9 Å². The van der Waals surface area contributed by atoms with Gasteiger partial charge in [-0.25, -0.2) is 0 Å². The predicted molar refractivity (Wildman–Crippen MR) is 175 cm³/mol. The van der Waals surface area contributed by atoms with E-state index in [0.29, 0.717) is 17.6 Å². The van der Waals surface area contributed by atoms with Crippen LogP contribution >= 0.6 is 22.5 Å². The quantitative estimate of drug-likeness (QED) is 0.123. The van der Waals surface area contributed by atoms with Crippen LogP contribution in [-0.2, 0) is 6.16 Å². The van der Waals surface area contributed by atoms with Crippen LogP contribution < -0.4 is 20.7 Å². The van der Waals surface area contributed by atoms with Crippen LogP contribution in [0.3, 0.4) is 0 Å². The molecule has 5 nitrogen and oxygen atoms in total. The molecular formula is C34H31BrFN4OP. The van der Waals surface area contributed by atoms with Crippen LogP contribution in [0, 0.1) is 0 Å². The Labute approximate surface area is 253 Å². The Morgan fingerprint density at radius 2 is 1.24 bits per heavy atom. The standard InChI is InChI=1S/C34H31BrFN4OP/c1-34(2,36)41-27-20-18-26(19-21-27)31-22-23-32-37-38-33(40(32)39-31)24-42(25-35,28-12-6-3-7-13-28,29-14-8-4-9-15-29)30-16-10-5-11-17-30/h3-23H,24-25H2,1-2H3. The van der Waals surface area contributed by atoms with Crippen LogP contribution in [0.5, 0.6) is 5.75 Å². The number of ether oxygens (including phenoxy) is 1. The minimum absolute atomic E-state index is 0.459. The number of rotatable bonds is 9. The molecular weight excluding hydrogens is 610 g/mol. The molecule has 0 saturated heterocycles. The molecule has 8 heteroatoms. The summed E-state index contributed by atoms with van der Waals surface area (Å²) in [6.45, 7) is -0.457. The van der Waals surface area contributed by atoms with E-state index in [2.05, 4.69) is 112 Å². The average Bonchev–Trinajstić information content (AvgIpc) is 3.42. The Kier molecular flexibility index (Phi) is 7.42. The number of alkyl halides is 2. The summed E-state index contributed by atoms with van der Waals surface area (Å²) in [6.07, 6.45) is 0.616. The van der Waals surface area contributed by atoms with E-state index in [4.69, 9.17) is 14.9 Å². The van der Waals surface area contributed by atoms with E-state index >= 15 is 0 Å². The molecule has 6 aromatic rings. The zero-order valence-corrected chi connectivity index (χ0v) is 25.9. The zero-order chi connectivity index (χ0) is 29.2. The number of aromatic nitrogens is 4. The van der Waals surface area contributed by atoms with E-state index in [0.717, 1.165) is 22.2 Å². The number of nitrogens with zero attached hydrogens (tertiary/aromatic N) is 4. The molecule has 0 atom stereocenters. The molecule has 0 unspecified atom stereocenters. The van der Waals surface area contributed by atoms with Crippen molar-refractivity contribution in [2.75, 3.05) is 5.07 Å². The number of halogens is 2. The number of hydrogen-bond acceptors (Lipinski definition) is 4. The summed E-state index contributed by atoms with van der Waals surface area (Å²) in [4.78, 5) is 0. The monoisotopic (exact) mass is 640 g/mol. The molecule has 2 heterocycles. The Hall–Kier alpha value is -3.93. The summed E-state index contributed by atoms with van der Waals surface area (Å²) < 4.78 is 21.2. The fraction of sp³-hybridized carbons (Fsp3) is 0.147. The summed E-state index contributed by atoms with van der Waals surface area (Å²) in [5.74, 6) is -0.520. The van der Waals surface area contributed by atoms with Gasteiger partial charge in [0.2, 0.25) is 0 Å². The van der Waals surface area contributed by atoms with Gasteiger partial charge in [-0.05, 0) is 0 Å². The fourth-order valence-electron chi connectivity index (χ4n) is 5.71. The SMILES string of the molecule is CC(C)(F)Oc1ccc(-c2ccc3nnc(CP(CBr)(c4ccccc4)(c4ccccc4)c4ccccc4)n3n2)cc1. The van der Waals surface area contributed by atoms with Gasteiger partial charge in [-0.3, -0.25) is 0 Å². The molecule has 0 aliphatic rings. The van der Waals surface area contributed by atoms with Gasteiger partial charge in [0.1, 0.15) is 0 Å². The van der Waals surface area contributed by atoms with E-state index in [1.807, 2.05) is 28.8 Å². The second-order valence-electron chi connectivity index (χ2n) is 10.9. The predicted octanol–water partition coefficient (Wildman–Crippen LogP) is 7.26. The van der Waals surface area contributed by atoms with E-state index in [9.17, 15) is 4.39 Å². The molecule has 6 rings (SSSR count). The Morgan fingerprint density at radius 1 is 0.714 bits per heavy atom. The molecule has 0 fully saturated rings. The second-order valence-corrected chi connectivity index (χ2v) is 17.5. The Morgan fingerprint density at radius 3 is 1.71 bits per heavy atom. The summed E-state index contributed by atoms with van der Waals surface area (Å²) in [7, 11) is 0. The summed E-state index contributed by atoms with van der Waals surface area (Å²) >= 11 is 4.07. The molecule has 0 aliphatic heterocycles. The normalized spacial score (nSPS) is 13.0. The van der Waals surface area contributed by atoms with Gasteiger partial charge in [0.15, 0.2) is 0 Å². The van der Waals surface area contributed by atoms with Gasteiger partial charge in [-0.1, -0.05) is 0 Å². The number of hydrogen-bond donors (Lipinski definition) is 0. The van der Waals surface area contributed by atoms with Crippen molar-refractivity contribution in [3.63, 3.8) is 0 Å². The first-order valence-corrected chi connectivity index (χ1v) is 17.5. The van der Waals surface area contributed by atoms with E-state index in [-0.39, 0.29) is 0 Å². The maximum atomic E-state index is 14.0. The summed E-state index contributed by atoms with van der Waals surface area (Å²) in [5.41, 5.74) is 2.31. The van der Waals surface area contributed by atoms with E-state index in [1.54, 1.807) is 12.1 Å². The molecule has 2 aromatic heterocycles. The summed E-state index contributed by atoms with van der Waals surface area (Å²) in [6, 6.07) is 43.4. The zero-order valence-electron chi connectivity index (χ0n) is 23.4. The van der Waals surface area contributed by atoms with Crippen LogP contribution in [0.4, 0.5) is 4.39 Å². The van der Waals surface area contributed by atoms with Crippen molar-refractivity contribution < 1.29 is 9.13 Å². The molecule has 0 amide bonds. The first-order chi connectivity index (χ1) is 20.3. The van der Waals surface area contributed by atoms with Crippen LogP contribution in [-0.4, -0.2) is 30.7 Å². The van der Waals surface area contributed by atoms with Gasteiger partial charge in [0.25, 0.3) is 0 Å². The molecule has 42 heavy (non-hydrogen) atoms. The van der Waals surface area contributed by atoms with Crippen LogP contribution in [0.15, 0.2) is 127 Å². The third kappa shape index (κ3) is 4.91. The Bertz CT molecular complexity index is 1710. The first kappa shape index (κ1) is 28.2. The van der Waals surface area contributed by atoms with Gasteiger partial charge in [0.05, 0.1) is 0 Å². The number of fused-ring (bicyclic) bond motifs is 1. The molecule has 0 N–H and O–H groups in total. The molecule has 4 aromatic carbocycles. The molecule has 0 spiro atoms. The minimum atomic E-state index is -3.22. The Balaban J connectivity index is 1.54. The van der Waals surface area contributed by atoms with Crippen molar-refractivity contribution in [2.45, 2.75) is 25.9 Å². The third-order valence-corrected chi connectivity index (χ3v) is 17.2. The van der Waals surface area contributed by atoms with Crippen molar-refractivity contribution in [3.05, 3.63) is 133 Å². The summed E-state index contributed by atoms with van der Waals surface area (Å²) in [5, 5.41) is 18.8. The van der Waals surface area contributed by atoms with E-state index in [1.165, 1.54) is 29.8 Å². The molecule has 0 aliphatic carbocycles. The molecule has 0 bridgehead atoms. The van der Waals surface area contributed by atoms with Crippen LogP contribution in [0.2, 0.25) is 0 Å². The van der Waals surface area contributed by atoms with Gasteiger partial charge >= 0.3 is 254 Å². The van der Waals surface area contributed by atoms with Crippen molar-refractivity contribution >= 4 is 44.1 Å². The van der Waals surface area contributed by atoms with Crippen molar-refractivity contribution in [2.24, 2.45) is 0 Å². The van der Waals surface area contributed by atoms with Gasteiger partial charge < -0.3 is 0 Å². The third-order valence-electron chi connectivity index (χ3n) is 7.73. The first-order valence-electron chi connectivity index (χ1n) is 13.8. The van der Waals surface area contributed by atoms with Gasteiger partial charge in [-0.15, -0.1) is 0 Å². The van der Waals surface area contributed by atoms with Gasteiger partial charge in [0, 0.05) is 0 Å². The van der Waals surface area contributed by atoms with Crippen molar-refractivity contribution in [1.29, 1.82) is 0 Å². The molecule has 212 valence electrons. The van der Waals surface area contributed by atoms with Crippen molar-refractivity contribution in [3.8, 4) is 17.0 Å². The topological polar surface area (TPSA) is 52.3 Å². The maximum absolute atomic E-state index is 14.0.